The number of hydrogen-bond donors (Lipinski definition) is 1. The van der Waals surface area contributed by atoms with Gasteiger partial charge >= 0.3 is 5.97 Å². The summed E-state index contributed by atoms with van der Waals surface area (Å²) in [6.45, 7) is 3.67. The highest BCUT2D eigenvalue weighted by molar-refractivity contribution is 5.91. The number of allylic oxidation sites excluding steroid dienone is 7. The Bertz CT molecular complexity index is 1310. The molecule has 0 radical (unpaired) electrons. The Labute approximate surface area is 231 Å². The minimum Gasteiger partial charge on any atom is -0.493 e. The number of ether oxygens (including phenoxy) is 6. The molecule has 0 aromatic heterocycles. The average Bonchev–Trinajstić information content (AvgIpc) is 2.95. The number of esters is 1. The molecule has 1 aliphatic heterocycles. The standard InChI is InChI=1S/C28H32N2O10/c1-16-24(28(32)40-15-18-12-22(36-4)27(38-6)23(13-18)37-5)25(26(17(2)29-16)39-11-10-35-3)19-8-7-9-21(30(33)34)20(19)14-31/h7-9,12-13,19,25,29H,10-11,15H2,1-6H3. The molecular formula is C28H32N2O10. The van der Waals surface area contributed by atoms with E-state index < -0.39 is 28.4 Å². The van der Waals surface area contributed by atoms with Gasteiger partial charge in [-0.25, -0.2) is 9.59 Å². The van der Waals surface area contributed by atoms with Crippen molar-refractivity contribution in [3.63, 3.8) is 0 Å². The number of benzene rings is 1. The minimum atomic E-state index is -0.920. The summed E-state index contributed by atoms with van der Waals surface area (Å²) < 4.78 is 32.9. The number of carbonyl (C=O) groups is 1. The molecule has 40 heavy (non-hydrogen) atoms. The fraction of sp³-hybridized carbons (Fsp3) is 0.393. The molecule has 3 rings (SSSR count). The van der Waals surface area contributed by atoms with E-state index in [-0.39, 0.29) is 31.0 Å². The topological polar surface area (TPSA) is 145 Å². The van der Waals surface area contributed by atoms with Gasteiger partial charge in [-0.2, -0.15) is 0 Å². The van der Waals surface area contributed by atoms with Crippen molar-refractivity contribution in [3.05, 3.63) is 80.0 Å². The van der Waals surface area contributed by atoms with E-state index in [9.17, 15) is 19.7 Å². The Balaban J connectivity index is 2.01. The molecule has 2 aliphatic rings. The Hall–Kier alpha value is -4.54. The molecule has 1 aromatic rings. The maximum Gasteiger partial charge on any atom is 0.336 e. The number of nitrogens with zero attached hydrogens (tertiary/aromatic N) is 1. The fourth-order valence-electron chi connectivity index (χ4n) is 4.69. The van der Waals surface area contributed by atoms with Crippen LogP contribution in [0.1, 0.15) is 19.4 Å². The smallest absolute Gasteiger partial charge is 0.336 e. The largest absolute Gasteiger partial charge is 0.493 e. The fourth-order valence-corrected chi connectivity index (χ4v) is 4.69. The molecule has 1 heterocycles. The highest BCUT2D eigenvalue weighted by atomic mass is 16.6. The lowest BCUT2D eigenvalue weighted by molar-refractivity contribution is -0.421. The van der Waals surface area contributed by atoms with E-state index in [1.165, 1.54) is 40.6 Å². The van der Waals surface area contributed by atoms with Crippen LogP contribution in [-0.2, 0) is 30.4 Å². The first-order valence-electron chi connectivity index (χ1n) is 12.3. The Morgan fingerprint density at radius 3 is 2.27 bits per heavy atom. The molecule has 2 atom stereocenters. The molecule has 1 N–H and O–H groups in total. The van der Waals surface area contributed by atoms with Gasteiger partial charge in [-0.3, -0.25) is 10.1 Å². The number of nitro groups is 1. The summed E-state index contributed by atoms with van der Waals surface area (Å²) in [5.74, 6) is 0.674. The van der Waals surface area contributed by atoms with Crippen LogP contribution in [0.15, 0.2) is 64.4 Å². The van der Waals surface area contributed by atoms with Crippen LogP contribution in [0.25, 0.3) is 0 Å². The van der Waals surface area contributed by atoms with Crippen LogP contribution in [-0.4, -0.2) is 58.5 Å². The molecule has 0 saturated carbocycles. The number of methoxy groups -OCH3 is 4. The molecular weight excluding hydrogens is 524 g/mol. The summed E-state index contributed by atoms with van der Waals surface area (Å²) in [5.41, 5.74) is 1.13. The van der Waals surface area contributed by atoms with Gasteiger partial charge in [0.05, 0.1) is 50.0 Å². The van der Waals surface area contributed by atoms with Gasteiger partial charge in [0, 0.05) is 24.8 Å². The third-order valence-electron chi connectivity index (χ3n) is 6.45. The van der Waals surface area contributed by atoms with Crippen LogP contribution in [0.4, 0.5) is 0 Å². The third-order valence-corrected chi connectivity index (χ3v) is 6.45. The van der Waals surface area contributed by atoms with Crippen LogP contribution < -0.4 is 19.5 Å². The second-order valence-electron chi connectivity index (χ2n) is 8.82. The van der Waals surface area contributed by atoms with Crippen LogP contribution >= 0.6 is 0 Å². The highest BCUT2D eigenvalue weighted by Gasteiger charge is 2.44. The molecule has 0 spiro atoms. The summed E-state index contributed by atoms with van der Waals surface area (Å²) in [6, 6.07) is 3.31. The van der Waals surface area contributed by atoms with Crippen molar-refractivity contribution in [2.45, 2.75) is 20.5 Å². The van der Waals surface area contributed by atoms with E-state index in [0.717, 1.165) is 0 Å². The lowest BCUT2D eigenvalue weighted by Gasteiger charge is -2.35. The maximum absolute atomic E-state index is 13.7. The van der Waals surface area contributed by atoms with Gasteiger partial charge in [-0.15, -0.1) is 0 Å². The van der Waals surface area contributed by atoms with Crippen LogP contribution in [0.5, 0.6) is 17.2 Å². The number of dihydropyridines is 1. The molecule has 1 aliphatic carbocycles. The van der Waals surface area contributed by atoms with Gasteiger partial charge in [0.1, 0.15) is 30.5 Å². The Morgan fingerprint density at radius 2 is 1.73 bits per heavy atom. The van der Waals surface area contributed by atoms with E-state index in [4.69, 9.17) is 28.4 Å². The predicted octanol–water partition coefficient (Wildman–Crippen LogP) is 3.25. The van der Waals surface area contributed by atoms with E-state index in [1.807, 2.05) is 0 Å². The van der Waals surface area contributed by atoms with Crippen molar-refractivity contribution in [1.29, 1.82) is 0 Å². The van der Waals surface area contributed by atoms with Gasteiger partial charge in [0.2, 0.25) is 5.75 Å². The number of rotatable bonds is 12. The molecule has 0 fully saturated rings. The zero-order valence-corrected chi connectivity index (χ0v) is 23.2. The first-order valence-corrected chi connectivity index (χ1v) is 12.3. The van der Waals surface area contributed by atoms with E-state index >= 15 is 0 Å². The Morgan fingerprint density at radius 1 is 1.05 bits per heavy atom. The lowest BCUT2D eigenvalue weighted by Crippen LogP contribution is -2.36. The van der Waals surface area contributed by atoms with E-state index in [1.54, 1.807) is 38.0 Å². The minimum absolute atomic E-state index is 0.142. The Kier molecular flexibility index (Phi) is 10.1. The summed E-state index contributed by atoms with van der Waals surface area (Å²) in [7, 11) is 5.95. The molecule has 0 bridgehead atoms. The quantitative estimate of drug-likeness (QED) is 0.133. The van der Waals surface area contributed by atoms with Gasteiger partial charge in [-0.05, 0) is 31.5 Å². The molecule has 0 saturated heterocycles. The van der Waals surface area contributed by atoms with Crippen LogP contribution in [0.2, 0.25) is 0 Å². The second kappa shape index (κ2) is 13.5. The SMILES string of the molecule is COCCOC1=C(C)NC(C)=C(C(=O)OCc2cc(OC)c(OC)c(OC)c2)C1C1C=CC=C([N+](=O)[O-])C1=C=O. The van der Waals surface area contributed by atoms with Crippen molar-refractivity contribution in [1.82, 2.24) is 5.32 Å². The lowest BCUT2D eigenvalue weighted by atomic mass is 9.75. The molecule has 0 amide bonds. The van der Waals surface area contributed by atoms with Crippen molar-refractivity contribution in [3.8, 4) is 17.2 Å². The van der Waals surface area contributed by atoms with Gasteiger partial charge in [-0.1, -0.05) is 12.2 Å². The van der Waals surface area contributed by atoms with Crippen LogP contribution in [0, 0.1) is 22.0 Å². The first-order chi connectivity index (χ1) is 19.2. The predicted molar refractivity (Wildman–Crippen MR) is 143 cm³/mol. The highest BCUT2D eigenvalue weighted by Crippen LogP contribution is 2.43. The molecule has 12 nitrogen and oxygen atoms in total. The molecule has 12 heteroatoms. The molecule has 2 unspecified atom stereocenters. The van der Waals surface area contributed by atoms with Crippen molar-refractivity contribution >= 4 is 11.9 Å². The monoisotopic (exact) mass is 556 g/mol. The average molecular weight is 557 g/mol. The summed E-state index contributed by atoms with van der Waals surface area (Å²) in [4.78, 5) is 36.7. The van der Waals surface area contributed by atoms with Gasteiger partial charge in [0.25, 0.3) is 5.70 Å². The van der Waals surface area contributed by atoms with Crippen molar-refractivity contribution in [2.75, 3.05) is 41.7 Å². The van der Waals surface area contributed by atoms with E-state index in [2.05, 4.69) is 5.32 Å². The third kappa shape index (κ3) is 6.19. The second-order valence-corrected chi connectivity index (χ2v) is 8.82. The number of nitrogens with one attached hydrogen (secondary N) is 1. The summed E-state index contributed by atoms with van der Waals surface area (Å²) in [5, 5.41) is 14.8. The number of hydrogen-bond acceptors (Lipinski definition) is 11. The maximum atomic E-state index is 13.7. The summed E-state index contributed by atoms with van der Waals surface area (Å²) >= 11 is 0. The van der Waals surface area contributed by atoms with E-state index in [0.29, 0.717) is 40.0 Å². The number of carbonyl (C=O) groups excluding carboxylic acids is 2. The molecule has 1 aromatic carbocycles. The van der Waals surface area contributed by atoms with Crippen LogP contribution in [0.3, 0.4) is 0 Å². The first kappa shape index (κ1) is 30.0. The van der Waals surface area contributed by atoms with Gasteiger partial charge < -0.3 is 33.7 Å². The zero-order valence-electron chi connectivity index (χ0n) is 23.2. The normalized spacial score (nSPS) is 18.4. The summed E-state index contributed by atoms with van der Waals surface area (Å²) in [6.07, 6.45) is 4.30. The van der Waals surface area contributed by atoms with Gasteiger partial charge in [0.15, 0.2) is 11.5 Å². The molecule has 214 valence electrons. The van der Waals surface area contributed by atoms with Crippen molar-refractivity contribution in [2.24, 2.45) is 11.8 Å². The zero-order chi connectivity index (χ0) is 29.4. The van der Waals surface area contributed by atoms with Crippen molar-refractivity contribution < 1.29 is 42.9 Å².